The van der Waals surface area contributed by atoms with E-state index in [1.54, 1.807) is 7.11 Å². The first-order chi connectivity index (χ1) is 17.1. The molecule has 7 heteroatoms. The van der Waals surface area contributed by atoms with Gasteiger partial charge in [-0.1, -0.05) is 28.1 Å². The van der Waals surface area contributed by atoms with Gasteiger partial charge in [-0.2, -0.15) is 0 Å². The second-order valence-corrected chi connectivity index (χ2v) is 11.0. The maximum Gasteiger partial charge on any atom is 0.322 e. The highest BCUT2D eigenvalue weighted by Crippen LogP contribution is 2.44. The molecule has 0 spiro atoms. The molecule has 1 unspecified atom stereocenters. The van der Waals surface area contributed by atoms with Gasteiger partial charge in [-0.15, -0.1) is 11.3 Å². The van der Waals surface area contributed by atoms with Crippen molar-refractivity contribution in [2.45, 2.75) is 38.3 Å². The molecule has 35 heavy (non-hydrogen) atoms. The second kappa shape index (κ2) is 9.21. The number of halogens is 1. The predicted octanol–water partition coefficient (Wildman–Crippen LogP) is 7.33. The van der Waals surface area contributed by atoms with E-state index in [0.29, 0.717) is 6.54 Å². The third-order valence-corrected chi connectivity index (χ3v) is 8.81. The molecule has 0 saturated heterocycles. The van der Waals surface area contributed by atoms with E-state index in [1.807, 2.05) is 58.7 Å². The lowest BCUT2D eigenvalue weighted by Crippen LogP contribution is -2.38. The highest BCUT2D eigenvalue weighted by Gasteiger charge is 2.36. The van der Waals surface area contributed by atoms with Crippen LogP contribution in [-0.4, -0.2) is 22.6 Å². The molecule has 3 heterocycles. The molecule has 0 saturated carbocycles. The fourth-order valence-corrected chi connectivity index (χ4v) is 6.95. The van der Waals surface area contributed by atoms with Crippen molar-refractivity contribution in [1.29, 1.82) is 0 Å². The molecular weight excluding hydrogens is 522 g/mol. The topological polar surface area (TPSA) is 46.5 Å². The number of nitrogens with one attached hydrogen (secondary N) is 1. The zero-order valence-corrected chi connectivity index (χ0v) is 21.9. The number of benzene rings is 2. The van der Waals surface area contributed by atoms with Crippen LogP contribution in [0.5, 0.6) is 5.75 Å². The highest BCUT2D eigenvalue weighted by atomic mass is 79.9. The second-order valence-electron chi connectivity index (χ2n) is 9.04. The average molecular weight is 549 g/mol. The van der Waals surface area contributed by atoms with E-state index in [9.17, 15) is 4.79 Å². The van der Waals surface area contributed by atoms with Gasteiger partial charge in [-0.3, -0.25) is 0 Å². The molecule has 2 amide bonds. The number of urea groups is 1. The van der Waals surface area contributed by atoms with Crippen molar-refractivity contribution in [3.05, 3.63) is 98.6 Å². The molecule has 2 aromatic carbocycles. The smallest absolute Gasteiger partial charge is 0.322 e. The molecule has 0 fully saturated rings. The summed E-state index contributed by atoms with van der Waals surface area (Å²) < 4.78 is 8.82. The van der Waals surface area contributed by atoms with Crippen LogP contribution in [0, 0.1) is 0 Å². The number of ether oxygens (including phenoxy) is 1. The first-order valence-corrected chi connectivity index (χ1v) is 13.5. The van der Waals surface area contributed by atoms with Crippen LogP contribution in [0.4, 0.5) is 10.5 Å². The molecule has 4 aromatic rings. The Labute approximate surface area is 217 Å². The number of hydrogen-bond donors (Lipinski definition) is 1. The van der Waals surface area contributed by atoms with E-state index >= 15 is 0 Å². The normalized spacial score (nSPS) is 16.6. The quantitative estimate of drug-likeness (QED) is 0.292. The van der Waals surface area contributed by atoms with Crippen molar-refractivity contribution in [3.8, 4) is 10.8 Å². The summed E-state index contributed by atoms with van der Waals surface area (Å²) in [6.07, 6.45) is 6.81. The lowest BCUT2D eigenvalue weighted by atomic mass is 9.95. The Hall–Kier alpha value is -3.03. The zero-order valence-electron chi connectivity index (χ0n) is 19.5. The zero-order chi connectivity index (χ0) is 23.9. The number of thiophene rings is 1. The van der Waals surface area contributed by atoms with Crippen LogP contribution in [0.3, 0.4) is 0 Å². The maximum atomic E-state index is 13.9. The monoisotopic (exact) mass is 547 g/mol. The summed E-state index contributed by atoms with van der Waals surface area (Å²) >= 11 is 5.38. The Morgan fingerprint density at radius 3 is 2.71 bits per heavy atom. The fraction of sp³-hybridized carbons (Fsp3) is 0.250. The number of methoxy groups -OCH3 is 1. The van der Waals surface area contributed by atoms with E-state index in [1.165, 1.54) is 33.8 Å². The van der Waals surface area contributed by atoms with Crippen molar-refractivity contribution in [2.75, 3.05) is 12.4 Å². The summed E-state index contributed by atoms with van der Waals surface area (Å²) in [4.78, 5) is 17.4. The molecule has 178 valence electrons. The summed E-state index contributed by atoms with van der Waals surface area (Å²) in [6, 6.07) is 19.6. The van der Waals surface area contributed by atoms with E-state index in [2.05, 4.69) is 50.2 Å². The Morgan fingerprint density at radius 2 is 1.89 bits per heavy atom. The molecule has 6 rings (SSSR count). The fourth-order valence-electron chi connectivity index (χ4n) is 5.28. The minimum atomic E-state index is -0.255. The van der Waals surface area contributed by atoms with E-state index < -0.39 is 0 Å². The van der Waals surface area contributed by atoms with Crippen LogP contribution < -0.4 is 10.1 Å². The van der Waals surface area contributed by atoms with Crippen LogP contribution in [0.15, 0.2) is 71.3 Å². The van der Waals surface area contributed by atoms with Gasteiger partial charge in [0.05, 0.1) is 25.4 Å². The van der Waals surface area contributed by atoms with Gasteiger partial charge < -0.3 is 19.5 Å². The van der Waals surface area contributed by atoms with Gasteiger partial charge in [-0.05, 0) is 85.3 Å². The number of aryl methyl sites for hydroxylation is 1. The Bertz CT molecular complexity index is 1390. The van der Waals surface area contributed by atoms with Crippen LogP contribution in [0.1, 0.15) is 46.1 Å². The molecule has 1 N–H and O–H groups in total. The van der Waals surface area contributed by atoms with Gasteiger partial charge in [0.25, 0.3) is 0 Å². The first-order valence-electron chi connectivity index (χ1n) is 11.9. The first kappa shape index (κ1) is 22.4. The van der Waals surface area contributed by atoms with Gasteiger partial charge in [0, 0.05) is 26.8 Å². The van der Waals surface area contributed by atoms with Crippen molar-refractivity contribution in [2.24, 2.45) is 0 Å². The van der Waals surface area contributed by atoms with Crippen LogP contribution in [-0.2, 0) is 19.4 Å². The molecule has 5 nitrogen and oxygen atoms in total. The summed E-state index contributed by atoms with van der Waals surface area (Å²) in [6.45, 7) is 0.563. The largest absolute Gasteiger partial charge is 0.497 e. The standard InChI is InChI=1S/C28H26BrN3O2S/c1-34-21-7-4-6-18(16-21)26-24-9-5-15-31(24)27-23(22-8-2-3-10-25(22)35-27)17-32(26)28(33)30-20-13-11-19(29)12-14-20/h4-7,9,11-16,26H,2-3,8,10,17H2,1H3,(H,30,33). The molecule has 0 bridgehead atoms. The highest BCUT2D eigenvalue weighted by molar-refractivity contribution is 9.10. The van der Waals surface area contributed by atoms with E-state index in [-0.39, 0.29) is 12.1 Å². The summed E-state index contributed by atoms with van der Waals surface area (Å²) in [5.74, 6) is 0.783. The molecule has 1 aliphatic carbocycles. The lowest BCUT2D eigenvalue weighted by molar-refractivity contribution is 0.194. The van der Waals surface area contributed by atoms with Crippen LogP contribution in [0.25, 0.3) is 5.00 Å². The van der Waals surface area contributed by atoms with Crippen LogP contribution >= 0.6 is 27.3 Å². The summed E-state index contributed by atoms with van der Waals surface area (Å²) in [5.41, 5.74) is 5.62. The van der Waals surface area contributed by atoms with E-state index in [4.69, 9.17) is 4.74 Å². The van der Waals surface area contributed by atoms with Crippen molar-refractivity contribution < 1.29 is 9.53 Å². The molecule has 1 atom stereocenters. The van der Waals surface area contributed by atoms with Crippen LogP contribution in [0.2, 0.25) is 0 Å². The third-order valence-electron chi connectivity index (χ3n) is 6.94. The summed E-state index contributed by atoms with van der Waals surface area (Å²) in [5, 5.41) is 4.40. The Morgan fingerprint density at radius 1 is 1.06 bits per heavy atom. The number of nitrogens with zero attached hydrogens (tertiary/aromatic N) is 2. The van der Waals surface area contributed by atoms with Gasteiger partial charge in [-0.25, -0.2) is 4.79 Å². The van der Waals surface area contributed by atoms with Gasteiger partial charge >= 0.3 is 6.03 Å². The lowest BCUT2D eigenvalue weighted by Gasteiger charge is -2.31. The number of rotatable bonds is 3. The number of hydrogen-bond acceptors (Lipinski definition) is 3. The van der Waals surface area contributed by atoms with E-state index in [0.717, 1.165) is 40.0 Å². The van der Waals surface area contributed by atoms with Crippen molar-refractivity contribution >= 4 is 39.0 Å². The molecule has 1 aliphatic heterocycles. The van der Waals surface area contributed by atoms with Gasteiger partial charge in [0.15, 0.2) is 0 Å². The summed E-state index contributed by atoms with van der Waals surface area (Å²) in [7, 11) is 1.68. The van der Waals surface area contributed by atoms with Crippen molar-refractivity contribution in [1.82, 2.24) is 9.47 Å². The maximum absolute atomic E-state index is 13.9. The molecule has 2 aromatic heterocycles. The minimum absolute atomic E-state index is 0.114. The number of fused-ring (bicyclic) bond motifs is 5. The number of carbonyl (C=O) groups excluding carboxylic acids is 1. The molecule has 0 radical (unpaired) electrons. The average Bonchev–Trinajstić information content (AvgIpc) is 3.47. The predicted molar refractivity (Wildman–Crippen MR) is 144 cm³/mol. The number of carbonyl (C=O) groups is 1. The Kier molecular flexibility index (Phi) is 5.90. The number of anilines is 1. The van der Waals surface area contributed by atoms with Gasteiger partial charge in [0.2, 0.25) is 0 Å². The minimum Gasteiger partial charge on any atom is -0.497 e. The molecule has 2 aliphatic rings. The number of aromatic nitrogens is 1. The number of amides is 2. The SMILES string of the molecule is COc1cccc(C2c3cccn3-c3sc4c(c3CN2C(=O)Nc2ccc(Br)cc2)CCCC4)c1. The van der Waals surface area contributed by atoms with Gasteiger partial charge in [0.1, 0.15) is 10.8 Å². The Balaban J connectivity index is 1.50. The van der Waals surface area contributed by atoms with Crippen molar-refractivity contribution in [3.63, 3.8) is 0 Å². The third kappa shape index (κ3) is 4.06. The molecular formula is C28H26BrN3O2S.